The highest BCUT2D eigenvalue weighted by molar-refractivity contribution is 6.56. The molecule has 14 heteroatoms. The Balaban J connectivity index is 1.89. The van der Waals surface area contributed by atoms with Crippen LogP contribution < -0.4 is 10.5 Å². The number of anilines is 1. The summed E-state index contributed by atoms with van der Waals surface area (Å²) in [5.41, 5.74) is -2.22. The molecule has 1 amide bonds. The first-order valence-electron chi connectivity index (χ1n) is 12.2. The van der Waals surface area contributed by atoms with E-state index < -0.39 is 34.2 Å². The van der Waals surface area contributed by atoms with Crippen LogP contribution in [0.2, 0.25) is 0 Å². The largest absolute Gasteiger partial charge is 0.373 e. The summed E-state index contributed by atoms with van der Waals surface area (Å²) in [6.45, 7) is 2.03. The predicted octanol–water partition coefficient (Wildman–Crippen LogP) is 2.06. The average Bonchev–Trinajstić information content (AvgIpc) is 2.88. The van der Waals surface area contributed by atoms with Crippen molar-refractivity contribution in [2.45, 2.75) is 43.6 Å². The average molecular weight is 533 g/mol. The molecule has 0 N–H and O–H groups in total. The van der Waals surface area contributed by atoms with Crippen LogP contribution in [0.25, 0.3) is 11.0 Å². The number of ether oxygens (including phenoxy) is 1. The molecule has 1 saturated heterocycles. The number of carbonyl (C=O) groups is 1. The molecule has 4 rings (SSSR count). The van der Waals surface area contributed by atoms with Crippen LogP contribution in [0.3, 0.4) is 0 Å². The molecule has 39 heavy (non-hydrogen) atoms. The number of amides is 1. The summed E-state index contributed by atoms with van der Waals surface area (Å²) in [4.78, 5) is 37.4. The van der Waals surface area contributed by atoms with E-state index in [1.165, 1.54) is 37.4 Å². The lowest BCUT2D eigenvalue weighted by Crippen LogP contribution is -2.51. The van der Waals surface area contributed by atoms with Gasteiger partial charge in [0, 0.05) is 46.3 Å². The lowest BCUT2D eigenvalue weighted by atomic mass is 9.49. The van der Waals surface area contributed by atoms with Crippen molar-refractivity contribution < 1.29 is 22.7 Å². The van der Waals surface area contributed by atoms with Crippen LogP contribution in [0.5, 0.6) is 0 Å². The van der Waals surface area contributed by atoms with Gasteiger partial charge in [-0.25, -0.2) is 23.1 Å². The molecule has 0 spiro atoms. The normalized spacial score (nSPS) is 15.6. The van der Waals surface area contributed by atoms with Gasteiger partial charge in [0.2, 0.25) is 5.91 Å². The van der Waals surface area contributed by atoms with Gasteiger partial charge in [0.1, 0.15) is 29.2 Å². The number of methoxy groups -OCH3 is 1. The lowest BCUT2D eigenvalue weighted by molar-refractivity contribution is -0.135. The number of alkyl halides is 2. The third-order valence-electron chi connectivity index (χ3n) is 7.17. The molecule has 6 radical (unpaired) electrons. The molecule has 1 aromatic carbocycles. The van der Waals surface area contributed by atoms with Crippen LogP contribution >= 0.6 is 0 Å². The Morgan fingerprint density at radius 2 is 1.90 bits per heavy atom. The van der Waals surface area contributed by atoms with Crippen molar-refractivity contribution in [3.63, 3.8) is 0 Å². The van der Waals surface area contributed by atoms with Crippen LogP contribution in [-0.2, 0) is 26.9 Å². The maximum absolute atomic E-state index is 14.8. The Bertz CT molecular complexity index is 1460. The maximum Gasteiger partial charge on any atom is 0.266 e. The quantitative estimate of drug-likeness (QED) is 0.433. The molecular weight excluding hydrogens is 508 g/mol. The van der Waals surface area contributed by atoms with Gasteiger partial charge < -0.3 is 19.1 Å². The smallest absolute Gasteiger partial charge is 0.266 e. The molecule has 0 atom stereocenters. The number of halogens is 3. The van der Waals surface area contributed by atoms with Crippen LogP contribution in [-0.4, -0.2) is 76.1 Å². The van der Waals surface area contributed by atoms with Gasteiger partial charge in [-0.3, -0.25) is 9.59 Å². The van der Waals surface area contributed by atoms with Crippen molar-refractivity contribution >= 4 is 46.3 Å². The maximum atomic E-state index is 14.8. The van der Waals surface area contributed by atoms with Gasteiger partial charge in [0.05, 0.1) is 40.1 Å². The molecule has 0 unspecified atom stereocenters. The molecular formula is C25H25B3F3N5O3. The summed E-state index contributed by atoms with van der Waals surface area (Å²) in [5, 5.41) is -1.86. The molecule has 8 nitrogen and oxygen atoms in total. The second-order valence-electron chi connectivity index (χ2n) is 9.70. The fraction of sp³-hybridized carbons (Fsp3) is 0.440. The second kappa shape index (κ2) is 10.7. The van der Waals surface area contributed by atoms with E-state index in [1.807, 2.05) is 0 Å². The van der Waals surface area contributed by atoms with Gasteiger partial charge in [0.15, 0.2) is 0 Å². The monoisotopic (exact) mass is 533 g/mol. The van der Waals surface area contributed by atoms with Gasteiger partial charge in [-0.2, -0.15) is 0 Å². The summed E-state index contributed by atoms with van der Waals surface area (Å²) in [6, 6.07) is 5.34. The molecule has 0 bridgehead atoms. The third kappa shape index (κ3) is 5.31. The number of hydrogen-bond acceptors (Lipinski definition) is 6. The first kappa shape index (κ1) is 28.7. The van der Waals surface area contributed by atoms with E-state index in [0.717, 1.165) is 10.6 Å². The molecule has 1 aliphatic rings. The van der Waals surface area contributed by atoms with Crippen molar-refractivity contribution in [2.24, 2.45) is 0 Å². The number of benzene rings is 1. The molecule has 3 aromatic rings. The zero-order chi connectivity index (χ0) is 28.7. The number of fused-ring (bicyclic) bond motifs is 1. The molecule has 198 valence electrons. The minimum atomic E-state index is -2.97. The summed E-state index contributed by atoms with van der Waals surface area (Å²) < 4.78 is 48.1. The number of aromatic nitrogens is 3. The van der Waals surface area contributed by atoms with Gasteiger partial charge in [-0.15, -0.1) is 0 Å². The minimum Gasteiger partial charge on any atom is -0.373 e. The lowest BCUT2D eigenvalue weighted by Gasteiger charge is -2.41. The molecule has 3 heterocycles. The molecule has 1 fully saturated rings. The van der Waals surface area contributed by atoms with Crippen molar-refractivity contribution in [3.05, 3.63) is 63.5 Å². The molecule has 0 saturated carbocycles. The fourth-order valence-electron chi connectivity index (χ4n) is 5.08. The number of nitrogens with zero attached hydrogens (tertiary/aromatic N) is 5. The summed E-state index contributed by atoms with van der Waals surface area (Å²) in [5.74, 6) is -0.870. The van der Waals surface area contributed by atoms with Crippen molar-refractivity contribution in [1.82, 2.24) is 19.4 Å². The third-order valence-corrected chi connectivity index (χ3v) is 7.17. The first-order valence-corrected chi connectivity index (χ1v) is 12.2. The van der Waals surface area contributed by atoms with Crippen LogP contribution in [0.1, 0.15) is 42.9 Å². The van der Waals surface area contributed by atoms with E-state index >= 15 is 0 Å². The van der Waals surface area contributed by atoms with Gasteiger partial charge in [-0.05, 0) is 18.9 Å². The fourth-order valence-corrected chi connectivity index (χ4v) is 5.08. The van der Waals surface area contributed by atoms with Crippen molar-refractivity contribution in [2.75, 3.05) is 32.1 Å². The standard InChI is InChI=1S/C25H25B3F3N5O3/c1-14(37)35-9-7-24(39-3,8-10-35)18-11-17-21(32-13-33-22(17)36(23(18)38)25(26,27)28)34(2)12-15-5-4-6-16(19(15)29)20(30)31/h4-6,11,13,20H,7-10,12H2,1-3H3. The summed E-state index contributed by atoms with van der Waals surface area (Å²) >= 11 is 0. The summed E-state index contributed by atoms with van der Waals surface area (Å²) in [7, 11) is 21.1. The second-order valence-corrected chi connectivity index (χ2v) is 9.70. The molecule has 2 aromatic heterocycles. The molecule has 0 aliphatic carbocycles. The number of rotatable bonds is 7. The Morgan fingerprint density at radius 3 is 2.46 bits per heavy atom. The van der Waals surface area contributed by atoms with Crippen LogP contribution in [0.4, 0.5) is 19.0 Å². The van der Waals surface area contributed by atoms with Crippen LogP contribution in [0.15, 0.2) is 35.4 Å². The van der Waals surface area contributed by atoms with E-state index in [1.54, 1.807) is 18.0 Å². The number of pyridine rings is 1. The van der Waals surface area contributed by atoms with Gasteiger partial charge in [-0.1, -0.05) is 23.4 Å². The van der Waals surface area contributed by atoms with Gasteiger partial charge >= 0.3 is 0 Å². The Morgan fingerprint density at radius 1 is 1.23 bits per heavy atom. The topological polar surface area (TPSA) is 80.6 Å². The van der Waals surface area contributed by atoms with E-state index in [2.05, 4.69) is 9.97 Å². The van der Waals surface area contributed by atoms with E-state index in [-0.39, 0.29) is 35.0 Å². The number of likely N-dealkylation sites (tertiary alicyclic amines) is 1. The van der Waals surface area contributed by atoms with Crippen molar-refractivity contribution in [3.8, 4) is 0 Å². The van der Waals surface area contributed by atoms with E-state index in [0.29, 0.717) is 31.3 Å². The highest BCUT2D eigenvalue weighted by Gasteiger charge is 2.40. The summed E-state index contributed by atoms with van der Waals surface area (Å²) in [6.07, 6.45) is -1.19. The predicted molar refractivity (Wildman–Crippen MR) is 143 cm³/mol. The number of carbonyl (C=O) groups excluding carboxylic acids is 1. The van der Waals surface area contributed by atoms with E-state index in [4.69, 9.17) is 28.3 Å². The Hall–Kier alpha value is -3.28. The zero-order valence-electron chi connectivity index (χ0n) is 21.8. The number of piperidine rings is 1. The highest BCUT2D eigenvalue weighted by atomic mass is 19.3. The first-order chi connectivity index (χ1) is 18.3. The van der Waals surface area contributed by atoms with Crippen molar-refractivity contribution in [1.29, 1.82) is 0 Å². The SMILES string of the molecule is [B]C([B])([B])n1c(=O)c(C2(OC)CCN(C(C)=O)CC2)cc2c(N(C)Cc3cccc(C(F)F)c3F)ncnc21. The molecule has 1 aliphatic heterocycles. The van der Waals surface area contributed by atoms with E-state index in [9.17, 15) is 22.8 Å². The highest BCUT2D eigenvalue weighted by Crippen LogP contribution is 2.37. The van der Waals surface area contributed by atoms with Crippen LogP contribution in [0, 0.1) is 5.82 Å². The minimum absolute atomic E-state index is 0.0160. The zero-order valence-corrected chi connectivity index (χ0v) is 21.8. The van der Waals surface area contributed by atoms with Gasteiger partial charge in [0.25, 0.3) is 12.0 Å². The number of hydrogen-bond donors (Lipinski definition) is 0. The Labute approximate surface area is 227 Å². The Kier molecular flexibility index (Phi) is 7.89.